The van der Waals surface area contributed by atoms with Crippen molar-refractivity contribution in [1.29, 1.82) is 0 Å². The van der Waals surface area contributed by atoms with Gasteiger partial charge < -0.3 is 5.11 Å². The third-order valence-corrected chi connectivity index (χ3v) is 3.73. The lowest BCUT2D eigenvalue weighted by atomic mass is 9.95. The van der Waals surface area contributed by atoms with Gasteiger partial charge in [-0.15, -0.1) is 0 Å². The van der Waals surface area contributed by atoms with Crippen molar-refractivity contribution in [3.8, 4) is 0 Å². The fourth-order valence-corrected chi connectivity index (χ4v) is 2.64. The number of likely N-dealkylation sites (tertiary alicyclic amines) is 1. The van der Waals surface area contributed by atoms with E-state index in [4.69, 9.17) is 0 Å². The Balaban J connectivity index is 2.13. The summed E-state index contributed by atoms with van der Waals surface area (Å²) in [4.78, 5) is 1.98. The molecule has 1 aromatic carbocycles. The van der Waals surface area contributed by atoms with Crippen LogP contribution in [0, 0.1) is 0 Å². The van der Waals surface area contributed by atoms with Crippen LogP contribution >= 0.6 is 0 Å². The number of hydrogen-bond acceptors (Lipinski definition) is 2. The van der Waals surface area contributed by atoms with Crippen LogP contribution in [0.3, 0.4) is 0 Å². The van der Waals surface area contributed by atoms with Crippen LogP contribution < -0.4 is 0 Å². The Hall–Kier alpha value is -1.00. The second kappa shape index (κ2) is 5.33. The Morgan fingerprint density at radius 3 is 2.67 bits per heavy atom. The zero-order valence-electron chi connectivity index (χ0n) is 10.5. The van der Waals surface area contributed by atoms with Crippen LogP contribution in [0.1, 0.15) is 31.4 Å². The van der Waals surface area contributed by atoms with Crippen LogP contribution in [0.25, 0.3) is 0 Å². The molecule has 18 heavy (non-hydrogen) atoms. The van der Waals surface area contributed by atoms with Crippen molar-refractivity contribution in [3.63, 3.8) is 0 Å². The summed E-state index contributed by atoms with van der Waals surface area (Å²) in [6.07, 6.45) is -0.374. The molecule has 1 aliphatic heterocycles. The zero-order valence-corrected chi connectivity index (χ0v) is 10.5. The van der Waals surface area contributed by atoms with Gasteiger partial charge in [0, 0.05) is 31.5 Å². The molecule has 0 spiro atoms. The number of hydrogen-bond donors (Lipinski definition) is 1. The summed E-state index contributed by atoms with van der Waals surface area (Å²) in [7, 11) is 0. The second-order valence-corrected chi connectivity index (χ2v) is 4.97. The molecule has 0 bridgehead atoms. The maximum absolute atomic E-state index is 13.3. The van der Waals surface area contributed by atoms with E-state index < -0.39 is 12.0 Å². The maximum Gasteiger partial charge on any atom is 0.250 e. The monoisotopic (exact) mass is 255 g/mol. The summed E-state index contributed by atoms with van der Waals surface area (Å²) < 4.78 is 26.7. The normalized spacial score (nSPS) is 25.9. The predicted molar refractivity (Wildman–Crippen MR) is 66.6 cm³/mol. The number of alkyl halides is 2. The fraction of sp³-hybridized carbons (Fsp3) is 0.571. The van der Waals surface area contributed by atoms with Gasteiger partial charge in [-0.25, -0.2) is 8.78 Å². The lowest BCUT2D eigenvalue weighted by Gasteiger charge is -2.42. The Bertz CT molecular complexity index is 383. The van der Waals surface area contributed by atoms with Gasteiger partial charge in [0.2, 0.25) is 0 Å². The molecule has 1 unspecified atom stereocenters. The van der Waals surface area contributed by atoms with Crippen molar-refractivity contribution in [2.24, 2.45) is 0 Å². The van der Waals surface area contributed by atoms with Crippen LogP contribution in [0.15, 0.2) is 30.3 Å². The SMILES string of the molecule is C[C@@H](c1ccccc1)N1CCC(F)(F)CC1CO. The molecule has 2 atom stereocenters. The molecule has 1 aliphatic rings. The highest BCUT2D eigenvalue weighted by atomic mass is 19.3. The van der Waals surface area contributed by atoms with Gasteiger partial charge in [0.1, 0.15) is 0 Å². The molecule has 1 saturated heterocycles. The molecule has 1 heterocycles. The first-order chi connectivity index (χ1) is 8.53. The topological polar surface area (TPSA) is 23.5 Å². The molecule has 0 amide bonds. The van der Waals surface area contributed by atoms with Crippen molar-refractivity contribution in [2.75, 3.05) is 13.2 Å². The number of aliphatic hydroxyl groups is 1. The Morgan fingerprint density at radius 1 is 1.39 bits per heavy atom. The average Bonchev–Trinajstić information content (AvgIpc) is 2.38. The largest absolute Gasteiger partial charge is 0.395 e. The minimum atomic E-state index is -2.64. The van der Waals surface area contributed by atoms with Crippen molar-refractivity contribution >= 4 is 0 Å². The Labute approximate surface area is 106 Å². The first kappa shape index (κ1) is 13.4. The van der Waals surface area contributed by atoms with E-state index in [9.17, 15) is 13.9 Å². The van der Waals surface area contributed by atoms with Gasteiger partial charge >= 0.3 is 0 Å². The standard InChI is InChI=1S/C14H19F2NO/c1-11(12-5-3-2-4-6-12)17-8-7-14(15,16)9-13(17)10-18/h2-6,11,13,18H,7-10H2,1H3/t11-,13?/m0/s1. The number of halogens is 2. The lowest BCUT2D eigenvalue weighted by molar-refractivity contribution is -0.0964. The second-order valence-electron chi connectivity index (χ2n) is 4.97. The van der Waals surface area contributed by atoms with Crippen LogP contribution in [0.4, 0.5) is 8.78 Å². The van der Waals surface area contributed by atoms with E-state index in [-0.39, 0.29) is 25.5 Å². The molecule has 4 heteroatoms. The molecule has 1 fully saturated rings. The molecule has 0 radical (unpaired) electrons. The van der Waals surface area contributed by atoms with E-state index in [1.165, 1.54) is 0 Å². The highest BCUT2D eigenvalue weighted by Crippen LogP contribution is 2.35. The van der Waals surface area contributed by atoms with Crippen molar-refractivity contribution in [3.05, 3.63) is 35.9 Å². The van der Waals surface area contributed by atoms with Gasteiger partial charge in [0.05, 0.1) is 6.61 Å². The van der Waals surface area contributed by atoms with Crippen LogP contribution in [-0.4, -0.2) is 35.1 Å². The number of nitrogens with zero attached hydrogens (tertiary/aromatic N) is 1. The molecule has 100 valence electrons. The van der Waals surface area contributed by atoms with E-state index >= 15 is 0 Å². The van der Waals surface area contributed by atoms with E-state index in [2.05, 4.69) is 0 Å². The summed E-state index contributed by atoms with van der Waals surface area (Å²) in [6.45, 7) is 2.11. The quantitative estimate of drug-likeness (QED) is 0.897. The number of rotatable bonds is 3. The van der Waals surface area contributed by atoms with Crippen LogP contribution in [0.5, 0.6) is 0 Å². The molecule has 1 N–H and O–H groups in total. The molecular weight excluding hydrogens is 236 g/mol. The van der Waals surface area contributed by atoms with Gasteiger partial charge in [-0.2, -0.15) is 0 Å². The first-order valence-electron chi connectivity index (χ1n) is 6.33. The molecule has 1 aromatic rings. The third-order valence-electron chi connectivity index (χ3n) is 3.73. The summed E-state index contributed by atoms with van der Waals surface area (Å²) >= 11 is 0. The summed E-state index contributed by atoms with van der Waals surface area (Å²) in [6, 6.07) is 9.40. The minimum Gasteiger partial charge on any atom is -0.395 e. The van der Waals surface area contributed by atoms with Crippen LogP contribution in [0.2, 0.25) is 0 Å². The number of aliphatic hydroxyl groups excluding tert-OH is 1. The lowest BCUT2D eigenvalue weighted by Crippen LogP contribution is -2.49. The van der Waals surface area contributed by atoms with Gasteiger partial charge in [-0.1, -0.05) is 30.3 Å². The van der Waals surface area contributed by atoms with E-state index in [1.807, 2.05) is 42.2 Å². The minimum absolute atomic E-state index is 0.0550. The summed E-state index contributed by atoms with van der Waals surface area (Å²) in [5.74, 6) is -2.64. The highest BCUT2D eigenvalue weighted by Gasteiger charge is 2.41. The third kappa shape index (κ3) is 2.87. The highest BCUT2D eigenvalue weighted by molar-refractivity contribution is 5.18. The van der Waals surface area contributed by atoms with Crippen LogP contribution in [-0.2, 0) is 0 Å². The number of benzene rings is 1. The van der Waals surface area contributed by atoms with Gasteiger partial charge in [-0.3, -0.25) is 4.90 Å². The van der Waals surface area contributed by atoms with Gasteiger partial charge in [0.25, 0.3) is 5.92 Å². The van der Waals surface area contributed by atoms with Gasteiger partial charge in [0.15, 0.2) is 0 Å². The molecule has 0 aromatic heterocycles. The first-order valence-corrected chi connectivity index (χ1v) is 6.33. The molecule has 0 aliphatic carbocycles. The van der Waals surface area contributed by atoms with E-state index in [0.29, 0.717) is 6.54 Å². The zero-order chi connectivity index (χ0) is 13.2. The molecular formula is C14H19F2NO. The summed E-state index contributed by atoms with van der Waals surface area (Å²) in [5.41, 5.74) is 1.10. The predicted octanol–water partition coefficient (Wildman–Crippen LogP) is 2.84. The maximum atomic E-state index is 13.3. The van der Waals surface area contributed by atoms with E-state index in [0.717, 1.165) is 5.56 Å². The summed E-state index contributed by atoms with van der Waals surface area (Å²) in [5, 5.41) is 9.31. The van der Waals surface area contributed by atoms with Crippen molar-refractivity contribution < 1.29 is 13.9 Å². The van der Waals surface area contributed by atoms with Crippen molar-refractivity contribution in [1.82, 2.24) is 4.90 Å². The average molecular weight is 255 g/mol. The van der Waals surface area contributed by atoms with Crippen molar-refractivity contribution in [2.45, 2.75) is 37.8 Å². The molecule has 2 nitrogen and oxygen atoms in total. The molecule has 2 rings (SSSR count). The fourth-order valence-electron chi connectivity index (χ4n) is 2.64. The van der Waals surface area contributed by atoms with E-state index in [1.54, 1.807) is 0 Å². The smallest absolute Gasteiger partial charge is 0.250 e. The Morgan fingerprint density at radius 2 is 2.06 bits per heavy atom. The van der Waals surface area contributed by atoms with Gasteiger partial charge in [-0.05, 0) is 12.5 Å². The Kier molecular flexibility index (Phi) is 3.97. The number of piperidine rings is 1. The molecule has 0 saturated carbocycles.